The topological polar surface area (TPSA) is 49.4 Å². The molecule has 0 unspecified atom stereocenters. The number of benzene rings is 1. The van der Waals surface area contributed by atoms with Gasteiger partial charge in [0.1, 0.15) is 4.90 Å². The molecule has 1 aliphatic heterocycles. The van der Waals surface area contributed by atoms with Crippen molar-refractivity contribution in [2.24, 2.45) is 0 Å². The number of hydrogen-bond acceptors (Lipinski definition) is 3. The van der Waals surface area contributed by atoms with E-state index in [4.69, 9.17) is 23.2 Å². The van der Waals surface area contributed by atoms with E-state index in [-0.39, 0.29) is 9.92 Å². The number of nitrogens with one attached hydrogen (secondary N) is 1. The molecule has 0 radical (unpaired) electrons. The lowest BCUT2D eigenvalue weighted by Crippen LogP contribution is -2.35. The molecule has 0 aromatic heterocycles. The Hall–Kier alpha value is -0.590. The molecule has 1 N–H and O–H groups in total. The lowest BCUT2D eigenvalue weighted by atomic mass is 10.2. The molecular formula is C14H18Cl2N2O2S. The molecule has 1 aromatic carbocycles. The Balaban J connectivity index is 2.44. The maximum atomic E-state index is 12.8. The van der Waals surface area contributed by atoms with Crippen molar-refractivity contribution < 1.29 is 8.42 Å². The number of sulfonamides is 1. The van der Waals surface area contributed by atoms with Crippen LogP contribution >= 0.6 is 23.2 Å². The molecule has 7 heteroatoms. The first-order valence-electron chi connectivity index (χ1n) is 6.64. The average molecular weight is 349 g/mol. The second kappa shape index (κ2) is 6.67. The third kappa shape index (κ3) is 3.60. The fourth-order valence-corrected chi connectivity index (χ4v) is 4.65. The van der Waals surface area contributed by atoms with Crippen LogP contribution in [0.2, 0.25) is 10.0 Å². The van der Waals surface area contributed by atoms with Gasteiger partial charge >= 0.3 is 0 Å². The Kier molecular flexibility index (Phi) is 5.33. The summed E-state index contributed by atoms with van der Waals surface area (Å²) in [7, 11) is -1.83. The molecule has 1 aromatic rings. The normalized spacial score (nSPS) is 16.9. The van der Waals surface area contributed by atoms with Crippen molar-refractivity contribution >= 4 is 33.2 Å². The standard InChI is InChI=1S/C14H18Cl2N2O2S/c1-10-4-3-5-18(9-10)21(19,20)14-6-11(8-17-2)12(15)7-13(14)16/h4,6-7,17H,3,5,8-9H2,1-2H3. The number of halogens is 2. The summed E-state index contributed by atoms with van der Waals surface area (Å²) in [5.74, 6) is 0. The zero-order valence-electron chi connectivity index (χ0n) is 12.0. The summed E-state index contributed by atoms with van der Waals surface area (Å²) in [6, 6.07) is 3.06. The maximum absolute atomic E-state index is 12.8. The molecule has 2 rings (SSSR count). The van der Waals surface area contributed by atoms with Gasteiger partial charge in [-0.1, -0.05) is 34.9 Å². The summed E-state index contributed by atoms with van der Waals surface area (Å²) in [6.07, 6.45) is 2.78. The van der Waals surface area contributed by atoms with E-state index in [1.165, 1.54) is 10.4 Å². The van der Waals surface area contributed by atoms with Gasteiger partial charge in [-0.3, -0.25) is 0 Å². The Morgan fingerprint density at radius 1 is 1.29 bits per heavy atom. The summed E-state index contributed by atoms with van der Waals surface area (Å²) in [5.41, 5.74) is 1.76. The van der Waals surface area contributed by atoms with Crippen molar-refractivity contribution in [3.05, 3.63) is 39.4 Å². The molecule has 0 aliphatic carbocycles. The summed E-state index contributed by atoms with van der Waals surface area (Å²) < 4.78 is 27.0. The first kappa shape index (κ1) is 16.8. The maximum Gasteiger partial charge on any atom is 0.244 e. The summed E-state index contributed by atoms with van der Waals surface area (Å²) >= 11 is 12.2. The first-order valence-corrected chi connectivity index (χ1v) is 8.84. The third-order valence-corrected chi connectivity index (χ3v) is 6.04. The van der Waals surface area contributed by atoms with Gasteiger partial charge in [-0.05, 0) is 38.1 Å². The molecule has 1 aliphatic rings. The zero-order chi connectivity index (χ0) is 15.6. The van der Waals surface area contributed by atoms with E-state index in [0.717, 1.165) is 12.0 Å². The predicted octanol–water partition coefficient (Wildman–Crippen LogP) is 3.05. The highest BCUT2D eigenvalue weighted by molar-refractivity contribution is 7.89. The van der Waals surface area contributed by atoms with Gasteiger partial charge in [-0.2, -0.15) is 4.31 Å². The fraction of sp³-hybridized carbons (Fsp3) is 0.429. The molecule has 0 amide bonds. The summed E-state index contributed by atoms with van der Waals surface area (Å²) in [5, 5.41) is 3.58. The van der Waals surface area contributed by atoms with Crippen LogP contribution in [-0.2, 0) is 16.6 Å². The Morgan fingerprint density at radius 2 is 2.00 bits per heavy atom. The second-order valence-corrected chi connectivity index (χ2v) is 7.80. The lowest BCUT2D eigenvalue weighted by Gasteiger charge is -2.26. The van der Waals surface area contributed by atoms with E-state index in [0.29, 0.717) is 30.2 Å². The van der Waals surface area contributed by atoms with Gasteiger partial charge in [-0.25, -0.2) is 8.42 Å². The average Bonchev–Trinajstić information content (AvgIpc) is 2.41. The molecule has 0 saturated heterocycles. The van der Waals surface area contributed by atoms with Crippen LogP contribution in [0.4, 0.5) is 0 Å². The molecule has 0 fully saturated rings. The van der Waals surface area contributed by atoms with Gasteiger partial charge in [0, 0.05) is 24.7 Å². The number of rotatable bonds is 4. The third-order valence-electron chi connectivity index (χ3n) is 3.38. The van der Waals surface area contributed by atoms with Gasteiger partial charge in [0.15, 0.2) is 0 Å². The van der Waals surface area contributed by atoms with Crippen LogP contribution in [0, 0.1) is 0 Å². The van der Waals surface area contributed by atoms with Gasteiger partial charge < -0.3 is 5.32 Å². The van der Waals surface area contributed by atoms with Crippen LogP contribution in [0.1, 0.15) is 18.9 Å². The second-order valence-electron chi connectivity index (χ2n) is 5.08. The molecule has 1 heterocycles. The van der Waals surface area contributed by atoms with Crippen molar-refractivity contribution in [2.45, 2.75) is 24.8 Å². The Bertz CT molecular complexity index is 672. The minimum absolute atomic E-state index is 0.119. The van der Waals surface area contributed by atoms with Crippen LogP contribution in [-0.4, -0.2) is 32.9 Å². The SMILES string of the molecule is CNCc1cc(S(=O)(=O)N2CCC=C(C)C2)c(Cl)cc1Cl. The van der Waals surface area contributed by atoms with Crippen LogP contribution in [0.25, 0.3) is 0 Å². The molecule has 116 valence electrons. The van der Waals surface area contributed by atoms with Gasteiger partial charge in [-0.15, -0.1) is 0 Å². The first-order chi connectivity index (χ1) is 9.86. The van der Waals surface area contributed by atoms with E-state index in [1.54, 1.807) is 13.1 Å². The highest BCUT2D eigenvalue weighted by Crippen LogP contribution is 2.31. The highest BCUT2D eigenvalue weighted by Gasteiger charge is 2.28. The van der Waals surface area contributed by atoms with E-state index in [1.807, 2.05) is 6.92 Å². The van der Waals surface area contributed by atoms with Crippen LogP contribution in [0.5, 0.6) is 0 Å². The molecule has 0 saturated carbocycles. The molecule has 0 spiro atoms. The summed E-state index contributed by atoms with van der Waals surface area (Å²) in [6.45, 7) is 3.29. The molecule has 4 nitrogen and oxygen atoms in total. The number of hydrogen-bond donors (Lipinski definition) is 1. The monoisotopic (exact) mass is 348 g/mol. The van der Waals surface area contributed by atoms with E-state index in [9.17, 15) is 8.42 Å². The van der Waals surface area contributed by atoms with E-state index >= 15 is 0 Å². The molecule has 0 bridgehead atoms. The highest BCUT2D eigenvalue weighted by atomic mass is 35.5. The lowest BCUT2D eigenvalue weighted by molar-refractivity contribution is 0.428. The van der Waals surface area contributed by atoms with Crippen molar-refractivity contribution in [2.75, 3.05) is 20.1 Å². The van der Waals surface area contributed by atoms with Crippen molar-refractivity contribution in [1.29, 1.82) is 0 Å². The minimum Gasteiger partial charge on any atom is -0.316 e. The van der Waals surface area contributed by atoms with E-state index in [2.05, 4.69) is 11.4 Å². The van der Waals surface area contributed by atoms with Crippen molar-refractivity contribution in [1.82, 2.24) is 9.62 Å². The van der Waals surface area contributed by atoms with Gasteiger partial charge in [0.2, 0.25) is 10.0 Å². The van der Waals surface area contributed by atoms with Gasteiger partial charge in [0.25, 0.3) is 0 Å². The zero-order valence-corrected chi connectivity index (χ0v) is 14.3. The summed E-state index contributed by atoms with van der Waals surface area (Å²) in [4.78, 5) is 0.119. The van der Waals surface area contributed by atoms with Crippen LogP contribution in [0.3, 0.4) is 0 Å². The van der Waals surface area contributed by atoms with Crippen LogP contribution in [0.15, 0.2) is 28.7 Å². The fourth-order valence-electron chi connectivity index (χ4n) is 2.32. The Morgan fingerprint density at radius 3 is 2.62 bits per heavy atom. The predicted molar refractivity (Wildman–Crippen MR) is 86.4 cm³/mol. The molecule has 21 heavy (non-hydrogen) atoms. The van der Waals surface area contributed by atoms with Crippen molar-refractivity contribution in [3.63, 3.8) is 0 Å². The largest absolute Gasteiger partial charge is 0.316 e. The molecular weight excluding hydrogens is 331 g/mol. The minimum atomic E-state index is -3.61. The number of nitrogens with zero attached hydrogens (tertiary/aromatic N) is 1. The van der Waals surface area contributed by atoms with Crippen molar-refractivity contribution in [3.8, 4) is 0 Å². The van der Waals surface area contributed by atoms with Gasteiger partial charge in [0.05, 0.1) is 5.02 Å². The van der Waals surface area contributed by atoms with E-state index < -0.39 is 10.0 Å². The smallest absolute Gasteiger partial charge is 0.244 e. The molecule has 0 atom stereocenters. The quantitative estimate of drug-likeness (QED) is 0.850. The Labute approximate surface area is 135 Å². The van der Waals surface area contributed by atoms with Crippen LogP contribution < -0.4 is 5.32 Å².